The Morgan fingerprint density at radius 2 is 1.27 bits per heavy atom. The Kier molecular flexibility index (Phi) is 3.73. The second-order valence-electron chi connectivity index (χ2n) is 4.79. The highest BCUT2D eigenvalue weighted by Gasteiger charge is 2.36. The van der Waals surface area contributed by atoms with Crippen molar-refractivity contribution < 1.29 is 19.8 Å². The smallest absolute Gasteiger partial charge is 0.277 e. The van der Waals surface area contributed by atoms with Gasteiger partial charge in [0.05, 0.1) is 14.0 Å². The molecule has 2 heterocycles. The van der Waals surface area contributed by atoms with Gasteiger partial charge in [0.15, 0.2) is 0 Å². The Morgan fingerprint density at radius 3 is 1.64 bits per heavy atom. The number of phenolic OH excluding ortho intramolecular Hbond substituents is 2. The van der Waals surface area contributed by atoms with Crippen LogP contribution in [0.5, 0.6) is 11.5 Å². The van der Waals surface area contributed by atoms with Crippen LogP contribution in [0.4, 0.5) is 0 Å². The molecule has 0 unspecified atom stereocenters. The van der Waals surface area contributed by atoms with Crippen molar-refractivity contribution in [2.75, 3.05) is 0 Å². The van der Waals surface area contributed by atoms with Gasteiger partial charge in [-0.15, -0.1) is 0 Å². The van der Waals surface area contributed by atoms with E-state index < -0.39 is 11.8 Å². The first-order valence-corrected chi connectivity index (χ1v) is 8.43. The average Bonchev–Trinajstić information content (AvgIpc) is 3.06. The zero-order valence-electron chi connectivity index (χ0n) is 11.9. The summed E-state index contributed by atoms with van der Waals surface area (Å²) < 4.78 is 0.461. The fraction of sp³-hybridized carbons (Fsp3) is 0.286. The molecule has 6 nitrogen and oxygen atoms in total. The molecule has 8 heteroatoms. The summed E-state index contributed by atoms with van der Waals surface area (Å²) in [4.78, 5) is 24.5. The van der Waals surface area contributed by atoms with Gasteiger partial charge in [-0.1, -0.05) is 37.4 Å². The summed E-state index contributed by atoms with van der Waals surface area (Å²) in [5.74, 6) is -0.755. The number of amides is 2. The molecule has 1 aromatic rings. The van der Waals surface area contributed by atoms with Crippen LogP contribution in [-0.2, 0) is 22.4 Å². The number of phenols is 2. The lowest BCUT2D eigenvalue weighted by Crippen LogP contribution is -2.28. The molecule has 0 bridgehead atoms. The predicted molar refractivity (Wildman–Crippen MR) is 83.6 cm³/mol. The quantitative estimate of drug-likeness (QED) is 0.373. The summed E-state index contributed by atoms with van der Waals surface area (Å²) in [6.07, 6.45) is 1.18. The van der Waals surface area contributed by atoms with Gasteiger partial charge in [-0.05, 0) is 12.8 Å². The molecule has 0 spiro atoms. The van der Waals surface area contributed by atoms with Crippen molar-refractivity contribution in [3.05, 3.63) is 20.9 Å². The summed E-state index contributed by atoms with van der Waals surface area (Å²) in [7, 11) is 0. The van der Waals surface area contributed by atoms with Gasteiger partial charge in [0.2, 0.25) is 0 Å². The van der Waals surface area contributed by atoms with Crippen LogP contribution in [0, 0.1) is 0 Å². The van der Waals surface area contributed by atoms with Crippen LogP contribution < -0.4 is 10.9 Å². The molecule has 0 saturated carbocycles. The summed E-state index contributed by atoms with van der Waals surface area (Å²) in [5, 5.41) is 20.9. The molecule has 116 valence electrons. The molecule has 1 fully saturated rings. The van der Waals surface area contributed by atoms with E-state index in [4.69, 9.17) is 0 Å². The van der Waals surface area contributed by atoms with Gasteiger partial charge in [0, 0.05) is 11.1 Å². The lowest BCUT2D eigenvalue weighted by Gasteiger charge is -2.14. The van der Waals surface area contributed by atoms with Gasteiger partial charge in [-0.2, -0.15) is 0 Å². The molecule has 0 aliphatic carbocycles. The molecule has 0 aromatic heterocycles. The van der Waals surface area contributed by atoms with Crippen LogP contribution in [0.2, 0.25) is 0 Å². The summed E-state index contributed by atoms with van der Waals surface area (Å²) in [6, 6.07) is 0. The van der Waals surface area contributed by atoms with E-state index >= 15 is 0 Å². The van der Waals surface area contributed by atoms with Crippen molar-refractivity contribution in [3.63, 3.8) is 0 Å². The van der Waals surface area contributed by atoms with Gasteiger partial charge in [0.1, 0.15) is 17.1 Å². The standard InChI is InChI=1S/C14H14N2O4S2/c1-3-5-6(4-2)9(18)11-10(8(5)17)21-14(22-11)7-12(19)15-16-13(7)20/h17-18H,3-4H2,1-2H3,(H,15,19)(H,16,20). The van der Waals surface area contributed by atoms with Crippen molar-refractivity contribution in [1.29, 1.82) is 0 Å². The average molecular weight is 338 g/mol. The fourth-order valence-electron chi connectivity index (χ4n) is 2.56. The van der Waals surface area contributed by atoms with Crippen LogP contribution in [-0.4, -0.2) is 22.0 Å². The second-order valence-corrected chi connectivity index (χ2v) is 7.09. The zero-order valence-corrected chi connectivity index (χ0v) is 13.6. The van der Waals surface area contributed by atoms with Gasteiger partial charge < -0.3 is 10.2 Å². The molecule has 0 radical (unpaired) electrons. The number of nitrogens with one attached hydrogen (secondary N) is 2. The monoisotopic (exact) mass is 338 g/mol. The van der Waals surface area contributed by atoms with Crippen molar-refractivity contribution in [1.82, 2.24) is 10.9 Å². The maximum atomic E-state index is 11.7. The molecule has 4 N–H and O–H groups in total. The Morgan fingerprint density at radius 1 is 0.864 bits per heavy atom. The number of benzene rings is 1. The first kappa shape index (κ1) is 15.1. The van der Waals surface area contributed by atoms with Gasteiger partial charge in [0.25, 0.3) is 11.8 Å². The van der Waals surface area contributed by atoms with E-state index in [0.717, 1.165) is 23.5 Å². The van der Waals surface area contributed by atoms with Crippen LogP contribution in [0.1, 0.15) is 25.0 Å². The van der Waals surface area contributed by atoms with E-state index in [-0.39, 0.29) is 17.1 Å². The van der Waals surface area contributed by atoms with E-state index in [0.29, 0.717) is 38.0 Å². The molecule has 3 rings (SSSR count). The van der Waals surface area contributed by atoms with Crippen LogP contribution in [0.3, 0.4) is 0 Å². The SMILES string of the molecule is CCc1c(O)c2c(c(O)c1CC)SC(=C1C(=O)NNC1=O)S2. The molecular formula is C14H14N2O4S2. The molecule has 22 heavy (non-hydrogen) atoms. The predicted octanol–water partition coefficient (Wildman–Crippen LogP) is 1.79. The minimum Gasteiger partial charge on any atom is -0.506 e. The molecule has 2 aliphatic rings. The third-order valence-electron chi connectivity index (χ3n) is 3.62. The lowest BCUT2D eigenvalue weighted by molar-refractivity contribution is -0.117. The summed E-state index contributed by atoms with van der Waals surface area (Å²) in [6.45, 7) is 3.81. The van der Waals surface area contributed by atoms with Crippen LogP contribution >= 0.6 is 23.5 Å². The third kappa shape index (κ3) is 2.05. The molecule has 0 atom stereocenters. The Hall–Kier alpha value is -1.80. The number of hydrazine groups is 1. The van der Waals surface area contributed by atoms with Crippen molar-refractivity contribution in [2.24, 2.45) is 0 Å². The molecule has 2 amide bonds. The van der Waals surface area contributed by atoms with Gasteiger partial charge in [-0.3, -0.25) is 20.4 Å². The topological polar surface area (TPSA) is 98.7 Å². The zero-order chi connectivity index (χ0) is 16.0. The fourth-order valence-corrected chi connectivity index (χ4v) is 5.24. The van der Waals surface area contributed by atoms with E-state index in [1.807, 2.05) is 13.8 Å². The number of hydrogen-bond acceptors (Lipinski definition) is 6. The number of hydrogen-bond donors (Lipinski definition) is 4. The maximum Gasteiger partial charge on any atom is 0.277 e. The number of aromatic hydroxyl groups is 2. The van der Waals surface area contributed by atoms with Crippen molar-refractivity contribution in [3.8, 4) is 11.5 Å². The van der Waals surface area contributed by atoms with Crippen molar-refractivity contribution >= 4 is 35.3 Å². The third-order valence-corrected chi connectivity index (χ3v) is 6.23. The number of carbonyl (C=O) groups is 2. The first-order chi connectivity index (χ1) is 10.5. The largest absolute Gasteiger partial charge is 0.506 e. The number of carbonyl (C=O) groups excluding carboxylic acids is 2. The minimum absolute atomic E-state index is 0.0149. The summed E-state index contributed by atoms with van der Waals surface area (Å²) >= 11 is 2.28. The van der Waals surface area contributed by atoms with E-state index in [2.05, 4.69) is 10.9 Å². The highest BCUT2D eigenvalue weighted by atomic mass is 32.2. The lowest BCUT2D eigenvalue weighted by atomic mass is 10.0. The number of fused-ring (bicyclic) bond motifs is 1. The Bertz CT molecular complexity index is 684. The molecule has 1 aromatic carbocycles. The van der Waals surface area contributed by atoms with E-state index in [1.165, 1.54) is 0 Å². The molecular weight excluding hydrogens is 324 g/mol. The Labute approximate surface area is 135 Å². The normalized spacial score (nSPS) is 16.8. The first-order valence-electron chi connectivity index (χ1n) is 6.79. The molecule has 1 saturated heterocycles. The Balaban J connectivity index is 2.17. The minimum atomic E-state index is -0.502. The number of rotatable bonds is 2. The van der Waals surface area contributed by atoms with Crippen molar-refractivity contribution in [2.45, 2.75) is 36.5 Å². The van der Waals surface area contributed by atoms with E-state index in [9.17, 15) is 19.8 Å². The highest BCUT2D eigenvalue weighted by molar-refractivity contribution is 8.25. The van der Waals surface area contributed by atoms with Gasteiger partial charge in [-0.25, -0.2) is 0 Å². The van der Waals surface area contributed by atoms with Gasteiger partial charge >= 0.3 is 0 Å². The van der Waals surface area contributed by atoms with E-state index in [1.54, 1.807) is 0 Å². The molecule has 2 aliphatic heterocycles. The van der Waals surface area contributed by atoms with Crippen LogP contribution in [0.25, 0.3) is 0 Å². The maximum absolute atomic E-state index is 11.7. The second kappa shape index (κ2) is 5.44. The number of thioether (sulfide) groups is 2. The summed E-state index contributed by atoms with van der Waals surface area (Å²) in [5.41, 5.74) is 5.93. The van der Waals surface area contributed by atoms with Crippen LogP contribution in [0.15, 0.2) is 19.6 Å². The highest BCUT2D eigenvalue weighted by Crippen LogP contribution is 2.60.